The molecule has 0 aromatic heterocycles. The van der Waals surface area contributed by atoms with Crippen LogP contribution in [0.5, 0.6) is 0 Å². The summed E-state index contributed by atoms with van der Waals surface area (Å²) in [6.45, 7) is 4.98. The molecule has 92 valence electrons. The van der Waals surface area contributed by atoms with Gasteiger partial charge in [0, 0.05) is 13.1 Å². The predicted molar refractivity (Wildman–Crippen MR) is 58.0 cm³/mol. The molecule has 1 fully saturated rings. The molecule has 1 aliphatic rings. The first-order chi connectivity index (χ1) is 7.65. The maximum Gasteiger partial charge on any atom is 0.410 e. The maximum atomic E-state index is 11.6. The highest BCUT2D eigenvalue weighted by Crippen LogP contribution is 2.11. The van der Waals surface area contributed by atoms with Crippen molar-refractivity contribution in [1.29, 1.82) is 0 Å². The molecule has 0 radical (unpaired) electrons. The van der Waals surface area contributed by atoms with Gasteiger partial charge < -0.3 is 14.4 Å². The molecular weight excluding hydrogens is 210 g/mol. The Labute approximate surface area is 95.7 Å². The van der Waals surface area contributed by atoms with Crippen molar-refractivity contribution in [2.24, 2.45) is 0 Å². The number of likely N-dealkylation sites (tertiary alicyclic amines) is 1. The van der Waals surface area contributed by atoms with Gasteiger partial charge in [-0.15, -0.1) is 0 Å². The van der Waals surface area contributed by atoms with E-state index in [9.17, 15) is 9.59 Å². The van der Waals surface area contributed by atoms with Crippen LogP contribution in [-0.2, 0) is 14.3 Å². The summed E-state index contributed by atoms with van der Waals surface area (Å²) in [6, 6.07) is 0. The third kappa shape index (κ3) is 3.72. The van der Waals surface area contributed by atoms with Gasteiger partial charge in [0.1, 0.15) is 0 Å². The van der Waals surface area contributed by atoms with E-state index >= 15 is 0 Å². The van der Waals surface area contributed by atoms with Crippen molar-refractivity contribution in [2.45, 2.75) is 39.2 Å². The van der Waals surface area contributed by atoms with Crippen LogP contribution in [0.25, 0.3) is 0 Å². The van der Waals surface area contributed by atoms with Crippen molar-refractivity contribution in [1.82, 2.24) is 4.90 Å². The first-order valence-corrected chi connectivity index (χ1v) is 5.77. The Morgan fingerprint density at radius 1 is 1.25 bits per heavy atom. The molecule has 5 heteroatoms. The zero-order valence-corrected chi connectivity index (χ0v) is 9.90. The quantitative estimate of drug-likeness (QED) is 0.689. The smallest absolute Gasteiger partial charge is 0.410 e. The van der Waals surface area contributed by atoms with Gasteiger partial charge in [-0.1, -0.05) is 0 Å². The van der Waals surface area contributed by atoms with Gasteiger partial charge in [0.25, 0.3) is 0 Å². The Hall–Kier alpha value is -1.26. The normalized spacial score (nSPS) is 17.8. The van der Waals surface area contributed by atoms with Gasteiger partial charge in [-0.2, -0.15) is 0 Å². The van der Waals surface area contributed by atoms with Gasteiger partial charge in [-0.05, 0) is 33.1 Å². The summed E-state index contributed by atoms with van der Waals surface area (Å²) in [5, 5.41) is 0. The molecule has 1 aliphatic heterocycles. The SMILES string of the molecule is CCOC(=O)C(C)OC(=O)N1CCCCC1. The van der Waals surface area contributed by atoms with E-state index in [1.165, 1.54) is 6.92 Å². The molecule has 1 unspecified atom stereocenters. The second-order valence-electron chi connectivity index (χ2n) is 3.83. The molecule has 0 bridgehead atoms. The van der Waals surface area contributed by atoms with E-state index in [0.717, 1.165) is 19.3 Å². The number of ether oxygens (including phenoxy) is 2. The molecule has 1 amide bonds. The fourth-order valence-corrected chi connectivity index (χ4v) is 1.61. The van der Waals surface area contributed by atoms with Crippen LogP contribution in [0.15, 0.2) is 0 Å². The highest BCUT2D eigenvalue weighted by Gasteiger charge is 2.23. The van der Waals surface area contributed by atoms with Crippen molar-refractivity contribution >= 4 is 12.1 Å². The number of carbonyl (C=O) groups excluding carboxylic acids is 2. The van der Waals surface area contributed by atoms with Crippen molar-refractivity contribution < 1.29 is 19.1 Å². The van der Waals surface area contributed by atoms with Gasteiger partial charge in [0.2, 0.25) is 0 Å². The number of hydrogen-bond acceptors (Lipinski definition) is 4. The molecule has 16 heavy (non-hydrogen) atoms. The van der Waals surface area contributed by atoms with E-state index in [0.29, 0.717) is 19.7 Å². The number of rotatable bonds is 3. The number of esters is 1. The standard InChI is InChI=1S/C11H19NO4/c1-3-15-10(13)9(2)16-11(14)12-7-5-4-6-8-12/h9H,3-8H2,1-2H3. The predicted octanol–water partition coefficient (Wildman–Crippen LogP) is 1.56. The molecule has 5 nitrogen and oxygen atoms in total. The lowest BCUT2D eigenvalue weighted by Gasteiger charge is -2.26. The minimum Gasteiger partial charge on any atom is -0.463 e. The molecule has 0 saturated carbocycles. The fourth-order valence-electron chi connectivity index (χ4n) is 1.61. The zero-order chi connectivity index (χ0) is 12.0. The van der Waals surface area contributed by atoms with E-state index < -0.39 is 18.2 Å². The molecule has 0 aromatic rings. The van der Waals surface area contributed by atoms with E-state index in [1.807, 2.05) is 0 Å². The van der Waals surface area contributed by atoms with Crippen molar-refractivity contribution in [2.75, 3.05) is 19.7 Å². The summed E-state index contributed by atoms with van der Waals surface area (Å²) in [7, 11) is 0. The third-order valence-electron chi connectivity index (χ3n) is 2.51. The van der Waals surface area contributed by atoms with Crippen molar-refractivity contribution in [3.63, 3.8) is 0 Å². The largest absolute Gasteiger partial charge is 0.463 e. The Morgan fingerprint density at radius 2 is 1.88 bits per heavy atom. The van der Waals surface area contributed by atoms with Crippen LogP contribution >= 0.6 is 0 Å². The minimum atomic E-state index is -0.825. The Morgan fingerprint density at radius 3 is 2.44 bits per heavy atom. The lowest BCUT2D eigenvalue weighted by atomic mass is 10.1. The molecule has 0 aliphatic carbocycles. The number of amides is 1. The number of hydrogen-bond donors (Lipinski definition) is 0. The summed E-state index contributed by atoms with van der Waals surface area (Å²) in [4.78, 5) is 24.5. The Balaban J connectivity index is 2.34. The minimum absolute atomic E-state index is 0.296. The lowest BCUT2D eigenvalue weighted by molar-refractivity contribution is -0.152. The summed E-state index contributed by atoms with van der Waals surface area (Å²) in [6.07, 6.45) is 1.91. The van der Waals surface area contributed by atoms with Crippen molar-refractivity contribution in [3.05, 3.63) is 0 Å². The topological polar surface area (TPSA) is 55.8 Å². The molecular formula is C11H19NO4. The van der Waals surface area contributed by atoms with Crippen LogP contribution in [-0.4, -0.2) is 42.8 Å². The third-order valence-corrected chi connectivity index (χ3v) is 2.51. The van der Waals surface area contributed by atoms with E-state index in [4.69, 9.17) is 9.47 Å². The molecule has 0 spiro atoms. The monoisotopic (exact) mass is 229 g/mol. The van der Waals surface area contributed by atoms with Gasteiger partial charge in [-0.25, -0.2) is 9.59 Å². The van der Waals surface area contributed by atoms with Crippen LogP contribution in [0.4, 0.5) is 4.79 Å². The zero-order valence-electron chi connectivity index (χ0n) is 9.90. The highest BCUT2D eigenvalue weighted by molar-refractivity contribution is 5.78. The first kappa shape index (κ1) is 12.8. The van der Waals surface area contributed by atoms with E-state index in [2.05, 4.69) is 0 Å². The molecule has 1 heterocycles. The molecule has 0 N–H and O–H groups in total. The molecule has 1 rings (SSSR count). The molecule has 0 aromatic carbocycles. The summed E-state index contributed by atoms with van der Waals surface area (Å²) in [5.74, 6) is -0.493. The fraction of sp³-hybridized carbons (Fsp3) is 0.818. The maximum absolute atomic E-state index is 11.6. The van der Waals surface area contributed by atoms with Crippen LogP contribution in [0, 0.1) is 0 Å². The number of nitrogens with zero attached hydrogens (tertiary/aromatic N) is 1. The average molecular weight is 229 g/mol. The number of piperidine rings is 1. The number of carbonyl (C=O) groups is 2. The van der Waals surface area contributed by atoms with E-state index in [1.54, 1.807) is 11.8 Å². The summed E-state index contributed by atoms with van der Waals surface area (Å²) in [5.41, 5.74) is 0. The van der Waals surface area contributed by atoms with E-state index in [-0.39, 0.29) is 0 Å². The van der Waals surface area contributed by atoms with Crippen LogP contribution in [0.1, 0.15) is 33.1 Å². The highest BCUT2D eigenvalue weighted by atomic mass is 16.6. The van der Waals surface area contributed by atoms with Crippen molar-refractivity contribution in [3.8, 4) is 0 Å². The molecule has 1 saturated heterocycles. The van der Waals surface area contributed by atoms with Crippen LogP contribution in [0.2, 0.25) is 0 Å². The summed E-state index contributed by atoms with van der Waals surface area (Å²) < 4.78 is 9.77. The van der Waals surface area contributed by atoms with Crippen LogP contribution < -0.4 is 0 Å². The van der Waals surface area contributed by atoms with Gasteiger partial charge in [-0.3, -0.25) is 0 Å². The molecule has 1 atom stereocenters. The van der Waals surface area contributed by atoms with Crippen LogP contribution in [0.3, 0.4) is 0 Å². The van der Waals surface area contributed by atoms with Gasteiger partial charge >= 0.3 is 12.1 Å². The first-order valence-electron chi connectivity index (χ1n) is 5.77. The Kier molecular flexibility index (Phi) is 5.08. The summed E-state index contributed by atoms with van der Waals surface area (Å²) >= 11 is 0. The second kappa shape index (κ2) is 6.35. The lowest BCUT2D eigenvalue weighted by Crippen LogP contribution is -2.39. The Bertz CT molecular complexity index is 248. The average Bonchev–Trinajstić information content (AvgIpc) is 2.30. The van der Waals surface area contributed by atoms with Gasteiger partial charge in [0.05, 0.1) is 6.61 Å². The second-order valence-corrected chi connectivity index (χ2v) is 3.83. The van der Waals surface area contributed by atoms with Gasteiger partial charge in [0.15, 0.2) is 6.10 Å².